The summed E-state index contributed by atoms with van der Waals surface area (Å²) in [5.74, 6) is 0. The molecule has 0 aliphatic heterocycles. The van der Waals surface area contributed by atoms with Gasteiger partial charge in [-0.25, -0.2) is 0 Å². The van der Waals surface area contributed by atoms with E-state index >= 15 is 0 Å². The van der Waals surface area contributed by atoms with Crippen LogP contribution in [0.1, 0.15) is 0 Å². The van der Waals surface area contributed by atoms with Gasteiger partial charge < -0.3 is 33.0 Å². The van der Waals surface area contributed by atoms with Gasteiger partial charge >= 0.3 is 0 Å². The van der Waals surface area contributed by atoms with Crippen molar-refractivity contribution in [1.29, 1.82) is 0 Å². The molecular formula is O7P2Sb-4. The molecule has 61 valence electrons. The van der Waals surface area contributed by atoms with Gasteiger partial charge in [-0.05, 0) is 0 Å². The summed E-state index contributed by atoms with van der Waals surface area (Å²) in [6, 6.07) is 0. The first-order valence-corrected chi connectivity index (χ1v) is 4.38. The van der Waals surface area contributed by atoms with E-state index in [2.05, 4.69) is 4.31 Å². The Balaban J connectivity index is 0. The Labute approximate surface area is 73.3 Å². The maximum Gasteiger partial charge on any atom is 0.0655 e. The first-order chi connectivity index (χ1) is 3.71. The zero-order valence-electron chi connectivity index (χ0n) is 4.20. The van der Waals surface area contributed by atoms with Crippen LogP contribution in [0.4, 0.5) is 0 Å². The van der Waals surface area contributed by atoms with Crippen molar-refractivity contribution in [2.24, 2.45) is 0 Å². The molecule has 0 aliphatic rings. The van der Waals surface area contributed by atoms with Gasteiger partial charge in [-0.15, -0.1) is 0 Å². The summed E-state index contributed by atoms with van der Waals surface area (Å²) in [4.78, 5) is 37.3. The molecule has 0 fully saturated rings. The van der Waals surface area contributed by atoms with Gasteiger partial charge in [0.15, 0.2) is 0 Å². The van der Waals surface area contributed by atoms with Crippen molar-refractivity contribution in [2.75, 3.05) is 0 Å². The summed E-state index contributed by atoms with van der Waals surface area (Å²) in [5.41, 5.74) is 0. The zero-order chi connectivity index (χ0) is 7.71. The monoisotopic (exact) mass is 295 g/mol. The molecule has 0 aromatic rings. The van der Waals surface area contributed by atoms with Crippen LogP contribution in [0.25, 0.3) is 0 Å². The average molecular weight is 296 g/mol. The van der Waals surface area contributed by atoms with Crippen molar-refractivity contribution >= 4 is 40.1 Å². The zero-order valence-corrected chi connectivity index (χ0v) is 8.54. The van der Waals surface area contributed by atoms with Crippen molar-refractivity contribution in [3.63, 3.8) is 0 Å². The van der Waals surface area contributed by atoms with E-state index in [4.69, 9.17) is 0 Å². The van der Waals surface area contributed by atoms with Gasteiger partial charge in [0.2, 0.25) is 0 Å². The van der Waals surface area contributed by atoms with Crippen molar-refractivity contribution in [1.82, 2.24) is 0 Å². The van der Waals surface area contributed by atoms with E-state index in [-0.39, 0.29) is 24.4 Å². The van der Waals surface area contributed by atoms with E-state index < -0.39 is 15.6 Å². The number of hydrogen-bond acceptors (Lipinski definition) is 7. The molecule has 0 amide bonds. The van der Waals surface area contributed by atoms with Crippen molar-refractivity contribution in [3.05, 3.63) is 0 Å². The molecule has 10 heavy (non-hydrogen) atoms. The summed E-state index contributed by atoms with van der Waals surface area (Å²) in [7, 11) is -11.4. The second-order valence-corrected chi connectivity index (χ2v) is 3.42. The molecule has 0 saturated carbocycles. The maximum atomic E-state index is 9.32. The minimum Gasteiger partial charge on any atom is -0.790 e. The molecule has 0 aromatic carbocycles. The Morgan fingerprint density at radius 2 is 1.10 bits per heavy atom. The van der Waals surface area contributed by atoms with Crippen LogP contribution in [0.3, 0.4) is 0 Å². The molecule has 3 radical (unpaired) electrons. The molecular weight excluding hydrogens is 296 g/mol. The smallest absolute Gasteiger partial charge is 0.0655 e. The average Bonchev–Trinajstić information content (AvgIpc) is 1.14. The Morgan fingerprint density at radius 3 is 1.10 bits per heavy atom. The van der Waals surface area contributed by atoms with Crippen molar-refractivity contribution in [2.45, 2.75) is 0 Å². The molecule has 0 unspecified atom stereocenters. The molecule has 0 bridgehead atoms. The minimum atomic E-state index is -5.68. The molecule has 0 spiro atoms. The van der Waals surface area contributed by atoms with E-state index in [1.807, 2.05) is 0 Å². The number of phosphoric acid groups is 2. The molecule has 0 aliphatic carbocycles. The van der Waals surface area contributed by atoms with Gasteiger partial charge in [0.1, 0.15) is 0 Å². The fraction of sp³-hybridized carbons (Fsp3) is 0. The van der Waals surface area contributed by atoms with Crippen LogP contribution < -0.4 is 19.6 Å². The largest absolute Gasteiger partial charge is 0.790 e. The number of rotatable bonds is 2. The molecule has 10 heteroatoms. The summed E-state index contributed by atoms with van der Waals surface area (Å²) < 4.78 is 21.2. The Kier molecular flexibility index (Phi) is 5.72. The van der Waals surface area contributed by atoms with Crippen LogP contribution in [0.5, 0.6) is 0 Å². The summed E-state index contributed by atoms with van der Waals surface area (Å²) in [6.45, 7) is 0. The fourth-order valence-corrected chi connectivity index (χ4v) is 1.10. The topological polar surface area (TPSA) is 136 Å². The van der Waals surface area contributed by atoms with E-state index in [1.54, 1.807) is 0 Å². The summed E-state index contributed by atoms with van der Waals surface area (Å²) in [5, 5.41) is 0. The fourth-order valence-electron chi connectivity index (χ4n) is 0.122. The minimum absolute atomic E-state index is 0. The quantitative estimate of drug-likeness (QED) is 0.377. The third-order valence-corrected chi connectivity index (χ3v) is 1.80. The molecule has 0 heterocycles. The number of hydrogen-bond donors (Lipinski definition) is 0. The predicted octanol–water partition coefficient (Wildman–Crippen LogP) is -3.72. The van der Waals surface area contributed by atoms with Crippen LogP contribution in [0.15, 0.2) is 0 Å². The van der Waals surface area contributed by atoms with Gasteiger partial charge in [0.05, 0.1) is 15.6 Å². The predicted molar refractivity (Wildman–Crippen MR) is 22.1 cm³/mol. The van der Waals surface area contributed by atoms with Gasteiger partial charge in [-0.3, -0.25) is 0 Å². The van der Waals surface area contributed by atoms with E-state index in [0.717, 1.165) is 0 Å². The second-order valence-electron chi connectivity index (χ2n) is 0.976. The Hall–Kier alpha value is 1.08. The SMILES string of the molecule is O=P([O-])([O-])OP(=O)([O-])[O-].[Sb]. The third-order valence-electron chi connectivity index (χ3n) is 0.200. The van der Waals surface area contributed by atoms with Gasteiger partial charge in [0.25, 0.3) is 0 Å². The summed E-state index contributed by atoms with van der Waals surface area (Å²) in [6.07, 6.45) is 0. The molecule has 0 N–H and O–H groups in total. The Morgan fingerprint density at radius 1 is 0.900 bits per heavy atom. The van der Waals surface area contributed by atoms with E-state index in [0.29, 0.717) is 0 Å². The van der Waals surface area contributed by atoms with Gasteiger partial charge in [-0.1, -0.05) is 0 Å². The first-order valence-electron chi connectivity index (χ1n) is 1.46. The summed E-state index contributed by atoms with van der Waals surface area (Å²) >= 11 is 0. The normalized spacial score (nSPS) is 12.4. The van der Waals surface area contributed by atoms with Crippen LogP contribution >= 0.6 is 15.6 Å². The molecule has 7 nitrogen and oxygen atoms in total. The van der Waals surface area contributed by atoms with Crippen LogP contribution in [0.2, 0.25) is 0 Å². The van der Waals surface area contributed by atoms with Crippen LogP contribution in [0, 0.1) is 0 Å². The first kappa shape index (κ1) is 13.7. The maximum absolute atomic E-state index is 9.32. The van der Waals surface area contributed by atoms with Crippen LogP contribution in [-0.4, -0.2) is 24.4 Å². The second kappa shape index (κ2) is 4.19. The van der Waals surface area contributed by atoms with Crippen molar-refractivity contribution < 1.29 is 33.0 Å². The van der Waals surface area contributed by atoms with E-state index in [1.165, 1.54) is 0 Å². The third kappa shape index (κ3) is 11.8. The Bertz CT molecular complexity index is 152. The molecule has 0 rings (SSSR count). The van der Waals surface area contributed by atoms with Gasteiger partial charge in [0, 0.05) is 24.4 Å². The van der Waals surface area contributed by atoms with Crippen molar-refractivity contribution in [3.8, 4) is 0 Å². The molecule has 0 atom stereocenters. The van der Waals surface area contributed by atoms with Crippen LogP contribution in [-0.2, 0) is 13.4 Å². The van der Waals surface area contributed by atoms with Gasteiger partial charge in [-0.2, -0.15) is 0 Å². The molecule has 0 saturated heterocycles. The molecule has 0 aromatic heterocycles. The van der Waals surface area contributed by atoms with E-state index in [9.17, 15) is 28.7 Å². The standard InChI is InChI=1S/H4O7P2.Sb/c1-8(2,3)7-9(4,5)6;/h(H2,1,2,3)(H2,4,5,6);/p-4.